The largest absolute Gasteiger partial charge is 0.481 e. The van der Waals surface area contributed by atoms with E-state index in [1.807, 2.05) is 13.2 Å². The van der Waals surface area contributed by atoms with Gasteiger partial charge in [0.25, 0.3) is 0 Å². The summed E-state index contributed by atoms with van der Waals surface area (Å²) in [5.41, 5.74) is 5.46. The summed E-state index contributed by atoms with van der Waals surface area (Å²) in [7, 11) is 0. The van der Waals surface area contributed by atoms with Crippen molar-refractivity contribution in [2.45, 2.75) is 25.3 Å². The fraction of sp³-hybridized carbons (Fsp3) is 0.857. The summed E-state index contributed by atoms with van der Waals surface area (Å²) in [5, 5.41) is 8.38. The molecule has 0 aromatic heterocycles. The van der Waals surface area contributed by atoms with E-state index < -0.39 is 5.97 Å². The minimum atomic E-state index is -0.775. The maximum absolute atomic E-state index is 10.2. The van der Waals surface area contributed by atoms with Crippen LogP contribution in [0.1, 0.15) is 19.8 Å². The summed E-state index contributed by atoms with van der Waals surface area (Å²) >= 11 is 1.64. The summed E-state index contributed by atoms with van der Waals surface area (Å²) in [4.78, 5) is 10.2. The Morgan fingerprint density at radius 1 is 1.73 bits per heavy atom. The molecule has 1 unspecified atom stereocenters. The van der Waals surface area contributed by atoms with E-state index in [1.54, 1.807) is 11.8 Å². The zero-order chi connectivity index (χ0) is 8.91. The monoisotopic (exact) mass is 177 g/mol. The van der Waals surface area contributed by atoms with Gasteiger partial charge in [0.1, 0.15) is 0 Å². The average molecular weight is 177 g/mol. The van der Waals surface area contributed by atoms with Crippen LogP contribution in [0, 0.1) is 0 Å². The lowest BCUT2D eigenvalue weighted by molar-refractivity contribution is -0.137. The minimum Gasteiger partial charge on any atom is -0.481 e. The van der Waals surface area contributed by atoms with Crippen LogP contribution in [0.4, 0.5) is 0 Å². The van der Waals surface area contributed by atoms with Gasteiger partial charge in [0.2, 0.25) is 0 Å². The van der Waals surface area contributed by atoms with Crippen LogP contribution >= 0.6 is 11.8 Å². The standard InChI is InChI=1S/C7H15NO2S/c1-7(8,5-11-2)4-3-6(9)10/h3-5,8H2,1-2H3,(H,9,10). The van der Waals surface area contributed by atoms with Gasteiger partial charge in [-0.2, -0.15) is 11.8 Å². The number of nitrogens with two attached hydrogens (primary N) is 1. The van der Waals surface area contributed by atoms with Gasteiger partial charge in [-0.15, -0.1) is 0 Å². The lowest BCUT2D eigenvalue weighted by atomic mass is 10.00. The Labute approximate surface area is 71.3 Å². The smallest absolute Gasteiger partial charge is 0.303 e. The van der Waals surface area contributed by atoms with Gasteiger partial charge in [0.15, 0.2) is 0 Å². The molecule has 0 rings (SSSR count). The third-order valence-corrected chi connectivity index (χ3v) is 2.33. The normalized spacial score (nSPS) is 15.9. The molecule has 1 atom stereocenters. The van der Waals surface area contributed by atoms with Crippen LogP contribution in [0.25, 0.3) is 0 Å². The predicted molar refractivity (Wildman–Crippen MR) is 47.8 cm³/mol. The third-order valence-electron chi connectivity index (χ3n) is 1.38. The molecule has 0 aliphatic carbocycles. The van der Waals surface area contributed by atoms with Crippen LogP contribution in [-0.4, -0.2) is 28.6 Å². The first-order valence-electron chi connectivity index (χ1n) is 3.47. The Kier molecular flexibility index (Phi) is 4.52. The first-order chi connectivity index (χ1) is 4.98. The van der Waals surface area contributed by atoms with Gasteiger partial charge in [-0.1, -0.05) is 0 Å². The van der Waals surface area contributed by atoms with Crippen molar-refractivity contribution in [2.24, 2.45) is 5.73 Å². The number of hydrogen-bond acceptors (Lipinski definition) is 3. The van der Waals surface area contributed by atoms with Crippen molar-refractivity contribution in [3.63, 3.8) is 0 Å². The molecule has 0 amide bonds. The highest BCUT2D eigenvalue weighted by Gasteiger charge is 2.18. The summed E-state index contributed by atoms with van der Waals surface area (Å²) < 4.78 is 0. The van der Waals surface area contributed by atoms with Crippen molar-refractivity contribution in [3.8, 4) is 0 Å². The molecule has 0 radical (unpaired) electrons. The SMILES string of the molecule is CSCC(C)(N)CCC(=O)O. The average Bonchev–Trinajstić information content (AvgIpc) is 1.84. The van der Waals surface area contributed by atoms with Gasteiger partial charge >= 0.3 is 5.97 Å². The number of aliphatic carboxylic acids is 1. The fourth-order valence-corrected chi connectivity index (χ4v) is 1.60. The molecular formula is C7H15NO2S. The van der Waals surface area contributed by atoms with E-state index in [4.69, 9.17) is 10.8 Å². The third kappa shape index (κ3) is 6.19. The first kappa shape index (κ1) is 10.8. The molecule has 4 heteroatoms. The molecule has 0 saturated carbocycles. The van der Waals surface area contributed by atoms with E-state index in [0.29, 0.717) is 6.42 Å². The van der Waals surface area contributed by atoms with Crippen molar-refractivity contribution in [2.75, 3.05) is 12.0 Å². The molecule has 0 aliphatic heterocycles. The Balaban J connectivity index is 3.63. The van der Waals surface area contributed by atoms with Crippen LogP contribution in [0.15, 0.2) is 0 Å². The van der Waals surface area contributed by atoms with Crippen LogP contribution in [0.3, 0.4) is 0 Å². The summed E-state index contributed by atoms with van der Waals surface area (Å²) in [6.07, 6.45) is 2.67. The quantitative estimate of drug-likeness (QED) is 0.655. The van der Waals surface area contributed by atoms with Gasteiger partial charge in [-0.05, 0) is 19.6 Å². The molecule has 3 N–H and O–H groups in total. The topological polar surface area (TPSA) is 63.3 Å². The first-order valence-corrected chi connectivity index (χ1v) is 4.87. The Bertz CT molecular complexity index is 136. The number of thioether (sulfide) groups is 1. The van der Waals surface area contributed by atoms with Crippen LogP contribution in [0.2, 0.25) is 0 Å². The zero-order valence-electron chi connectivity index (χ0n) is 6.96. The fourth-order valence-electron chi connectivity index (χ4n) is 0.794. The van der Waals surface area contributed by atoms with Crippen LogP contribution in [0.5, 0.6) is 0 Å². The van der Waals surface area contributed by atoms with Crippen LogP contribution < -0.4 is 5.73 Å². The Morgan fingerprint density at radius 2 is 2.27 bits per heavy atom. The van der Waals surface area contributed by atoms with Crippen molar-refractivity contribution >= 4 is 17.7 Å². The highest BCUT2D eigenvalue weighted by Crippen LogP contribution is 2.13. The lowest BCUT2D eigenvalue weighted by Gasteiger charge is -2.22. The van der Waals surface area contributed by atoms with Gasteiger partial charge in [0, 0.05) is 17.7 Å². The predicted octanol–water partition coefficient (Wildman–Crippen LogP) is 0.932. The molecule has 0 aromatic rings. The summed E-state index contributed by atoms with van der Waals surface area (Å²) in [6, 6.07) is 0. The van der Waals surface area contributed by atoms with Crippen molar-refractivity contribution in [3.05, 3.63) is 0 Å². The Hall–Kier alpha value is -0.220. The number of hydrogen-bond donors (Lipinski definition) is 2. The molecule has 0 bridgehead atoms. The maximum atomic E-state index is 10.2. The minimum absolute atomic E-state index is 0.160. The van der Waals surface area contributed by atoms with Crippen molar-refractivity contribution in [1.82, 2.24) is 0 Å². The second kappa shape index (κ2) is 4.62. The number of carboxylic acid groups (broad SMARTS) is 1. The highest BCUT2D eigenvalue weighted by molar-refractivity contribution is 7.98. The molecule has 3 nitrogen and oxygen atoms in total. The van der Waals surface area contributed by atoms with Gasteiger partial charge in [0.05, 0.1) is 0 Å². The van der Waals surface area contributed by atoms with E-state index in [2.05, 4.69) is 0 Å². The van der Waals surface area contributed by atoms with Gasteiger partial charge in [-0.25, -0.2) is 0 Å². The molecule has 0 aliphatic rings. The van der Waals surface area contributed by atoms with Crippen molar-refractivity contribution < 1.29 is 9.90 Å². The van der Waals surface area contributed by atoms with E-state index in [9.17, 15) is 4.79 Å². The number of carboxylic acids is 1. The Morgan fingerprint density at radius 3 is 2.64 bits per heavy atom. The van der Waals surface area contributed by atoms with Crippen LogP contribution in [-0.2, 0) is 4.79 Å². The molecule has 0 heterocycles. The van der Waals surface area contributed by atoms with Gasteiger partial charge < -0.3 is 10.8 Å². The highest BCUT2D eigenvalue weighted by atomic mass is 32.2. The molecule has 0 spiro atoms. The molecular weight excluding hydrogens is 162 g/mol. The summed E-state index contributed by atoms with van der Waals surface area (Å²) in [6.45, 7) is 1.88. The number of rotatable bonds is 5. The molecule has 0 aromatic carbocycles. The van der Waals surface area contributed by atoms with E-state index in [0.717, 1.165) is 5.75 Å². The number of carbonyl (C=O) groups is 1. The molecule has 11 heavy (non-hydrogen) atoms. The van der Waals surface area contributed by atoms with E-state index in [1.165, 1.54) is 0 Å². The van der Waals surface area contributed by atoms with Crippen molar-refractivity contribution in [1.29, 1.82) is 0 Å². The molecule has 0 fully saturated rings. The second-order valence-corrected chi connectivity index (χ2v) is 3.85. The molecule has 0 saturated heterocycles. The summed E-state index contributed by atoms with van der Waals surface area (Å²) in [5.74, 6) is 0.0306. The maximum Gasteiger partial charge on any atom is 0.303 e. The zero-order valence-corrected chi connectivity index (χ0v) is 7.78. The molecule has 66 valence electrons. The lowest BCUT2D eigenvalue weighted by Crippen LogP contribution is -2.39. The van der Waals surface area contributed by atoms with E-state index in [-0.39, 0.29) is 12.0 Å². The van der Waals surface area contributed by atoms with Gasteiger partial charge in [-0.3, -0.25) is 4.79 Å². The van der Waals surface area contributed by atoms with E-state index >= 15 is 0 Å². The second-order valence-electron chi connectivity index (χ2n) is 2.98.